The Hall–Kier alpha value is -3.16. The normalized spacial score (nSPS) is 17.3. The topological polar surface area (TPSA) is 97.9 Å². The molecule has 1 aliphatic rings. The largest absolute Gasteiger partial charge is 0.420 e. The van der Waals surface area contributed by atoms with Gasteiger partial charge in [-0.05, 0) is 31.9 Å². The van der Waals surface area contributed by atoms with Gasteiger partial charge >= 0.3 is 0 Å². The lowest BCUT2D eigenvalue weighted by Gasteiger charge is -2.31. The first-order valence-corrected chi connectivity index (χ1v) is 8.52. The van der Waals surface area contributed by atoms with E-state index in [1.54, 1.807) is 36.9 Å². The molecule has 1 saturated heterocycles. The van der Waals surface area contributed by atoms with Crippen molar-refractivity contribution in [1.29, 1.82) is 0 Å². The van der Waals surface area contributed by atoms with Crippen molar-refractivity contribution in [1.82, 2.24) is 30.0 Å². The molecule has 8 nitrogen and oxygen atoms in total. The number of carbonyl (C=O) groups excluding carboxylic acids is 1. The Kier molecular flexibility index (Phi) is 4.39. The van der Waals surface area contributed by atoms with Gasteiger partial charge in [0.2, 0.25) is 5.89 Å². The van der Waals surface area contributed by atoms with Crippen molar-refractivity contribution in [2.75, 3.05) is 13.1 Å². The average molecular weight is 350 g/mol. The molecule has 4 rings (SSSR count). The number of nitrogens with zero attached hydrogens (tertiary/aromatic N) is 6. The number of likely N-dealkylation sites (tertiary alicyclic amines) is 1. The van der Waals surface area contributed by atoms with E-state index in [0.29, 0.717) is 35.3 Å². The second kappa shape index (κ2) is 6.99. The van der Waals surface area contributed by atoms with Crippen molar-refractivity contribution in [3.63, 3.8) is 0 Å². The maximum absolute atomic E-state index is 12.6. The zero-order valence-electron chi connectivity index (χ0n) is 14.4. The summed E-state index contributed by atoms with van der Waals surface area (Å²) >= 11 is 0. The Labute approximate surface area is 150 Å². The van der Waals surface area contributed by atoms with Gasteiger partial charge < -0.3 is 9.32 Å². The summed E-state index contributed by atoms with van der Waals surface area (Å²) in [6.07, 6.45) is 8.38. The van der Waals surface area contributed by atoms with Crippen LogP contribution in [0.4, 0.5) is 0 Å². The first kappa shape index (κ1) is 16.3. The van der Waals surface area contributed by atoms with E-state index >= 15 is 0 Å². The lowest BCUT2D eigenvalue weighted by atomic mass is 9.97. The summed E-state index contributed by atoms with van der Waals surface area (Å²) in [5.74, 6) is 1.64. The third-order valence-electron chi connectivity index (χ3n) is 4.43. The van der Waals surface area contributed by atoms with Crippen LogP contribution in [0.25, 0.3) is 11.5 Å². The van der Waals surface area contributed by atoms with Crippen molar-refractivity contribution < 1.29 is 9.21 Å². The van der Waals surface area contributed by atoms with Gasteiger partial charge in [0, 0.05) is 37.9 Å². The van der Waals surface area contributed by atoms with Crippen LogP contribution in [-0.4, -0.2) is 49.0 Å². The number of aromatic nitrogens is 5. The first-order valence-electron chi connectivity index (χ1n) is 8.52. The van der Waals surface area contributed by atoms with Crippen LogP contribution in [0.2, 0.25) is 0 Å². The Balaban J connectivity index is 1.50. The van der Waals surface area contributed by atoms with Gasteiger partial charge in [-0.1, -0.05) is 0 Å². The van der Waals surface area contributed by atoms with Crippen LogP contribution in [0.3, 0.4) is 0 Å². The molecule has 0 unspecified atom stereocenters. The fourth-order valence-corrected chi connectivity index (χ4v) is 3.05. The highest BCUT2D eigenvalue weighted by molar-refractivity contribution is 5.93. The van der Waals surface area contributed by atoms with Crippen LogP contribution in [0.15, 0.2) is 41.3 Å². The molecule has 1 fully saturated rings. The third kappa shape index (κ3) is 3.30. The molecule has 8 heteroatoms. The molecular formula is C18H18N6O2. The monoisotopic (exact) mass is 350 g/mol. The number of hydrogen-bond acceptors (Lipinski definition) is 7. The molecule has 0 spiro atoms. The van der Waals surface area contributed by atoms with E-state index in [1.807, 2.05) is 11.8 Å². The van der Waals surface area contributed by atoms with Gasteiger partial charge in [0.15, 0.2) is 0 Å². The lowest BCUT2D eigenvalue weighted by molar-refractivity contribution is 0.0698. The average Bonchev–Trinajstić information content (AvgIpc) is 3.19. The van der Waals surface area contributed by atoms with E-state index in [9.17, 15) is 4.79 Å². The molecule has 3 aromatic heterocycles. The van der Waals surface area contributed by atoms with E-state index in [-0.39, 0.29) is 11.8 Å². The molecule has 1 aliphatic heterocycles. The van der Waals surface area contributed by atoms with Crippen LogP contribution >= 0.6 is 0 Å². The van der Waals surface area contributed by atoms with Crippen molar-refractivity contribution >= 4 is 5.91 Å². The fraction of sp³-hybridized carbons (Fsp3) is 0.333. The number of amides is 1. The summed E-state index contributed by atoms with van der Waals surface area (Å²) < 4.78 is 5.83. The number of pyridine rings is 1. The summed E-state index contributed by atoms with van der Waals surface area (Å²) in [5.41, 5.74) is 1.28. The minimum atomic E-state index is -0.0190. The van der Waals surface area contributed by atoms with Crippen LogP contribution in [0, 0.1) is 6.92 Å². The quantitative estimate of drug-likeness (QED) is 0.714. The molecule has 4 heterocycles. The van der Waals surface area contributed by atoms with E-state index in [1.165, 1.54) is 0 Å². The highest BCUT2D eigenvalue weighted by atomic mass is 16.4. The fourth-order valence-electron chi connectivity index (χ4n) is 3.05. The summed E-state index contributed by atoms with van der Waals surface area (Å²) in [5, 5.41) is 8.29. The second-order valence-electron chi connectivity index (χ2n) is 6.30. The number of piperidine rings is 1. The van der Waals surface area contributed by atoms with E-state index < -0.39 is 0 Å². The Morgan fingerprint density at radius 2 is 2.08 bits per heavy atom. The molecule has 1 atom stereocenters. The van der Waals surface area contributed by atoms with Gasteiger partial charge in [-0.2, -0.15) is 0 Å². The van der Waals surface area contributed by atoms with Crippen LogP contribution in [0.1, 0.15) is 40.8 Å². The summed E-state index contributed by atoms with van der Waals surface area (Å²) in [6, 6.07) is 3.55. The van der Waals surface area contributed by atoms with Gasteiger partial charge in [-0.25, -0.2) is 9.97 Å². The number of hydrogen-bond donors (Lipinski definition) is 0. The molecule has 0 bridgehead atoms. The van der Waals surface area contributed by atoms with Crippen LogP contribution < -0.4 is 0 Å². The third-order valence-corrected chi connectivity index (χ3v) is 4.43. The van der Waals surface area contributed by atoms with Gasteiger partial charge in [0.25, 0.3) is 11.8 Å². The zero-order chi connectivity index (χ0) is 17.9. The van der Waals surface area contributed by atoms with Gasteiger partial charge in [-0.15, -0.1) is 10.2 Å². The van der Waals surface area contributed by atoms with Crippen molar-refractivity contribution in [2.24, 2.45) is 0 Å². The van der Waals surface area contributed by atoms with Crippen molar-refractivity contribution in [3.05, 3.63) is 54.2 Å². The van der Waals surface area contributed by atoms with E-state index in [4.69, 9.17) is 4.42 Å². The minimum Gasteiger partial charge on any atom is -0.420 e. The Bertz CT molecular complexity index is 894. The standard InChI is InChI=1S/C18H18N6O2/c1-12-20-9-15(10-21-12)17-23-22-16(26-17)14-5-3-7-24(11-14)18(25)13-4-2-6-19-8-13/h2,4,6,8-10,14H,3,5,7,11H2,1H3/t14-/m1/s1. The predicted octanol–water partition coefficient (Wildman–Crippen LogP) is 2.25. The van der Waals surface area contributed by atoms with Gasteiger partial charge in [0.1, 0.15) is 5.82 Å². The highest BCUT2D eigenvalue weighted by Crippen LogP contribution is 2.28. The molecule has 0 aromatic carbocycles. The maximum atomic E-state index is 12.6. The van der Waals surface area contributed by atoms with Gasteiger partial charge in [0.05, 0.1) is 17.0 Å². The maximum Gasteiger partial charge on any atom is 0.255 e. The van der Waals surface area contributed by atoms with Crippen molar-refractivity contribution in [2.45, 2.75) is 25.7 Å². The number of rotatable bonds is 3. The molecule has 0 radical (unpaired) electrons. The molecule has 26 heavy (non-hydrogen) atoms. The molecule has 3 aromatic rings. The van der Waals surface area contributed by atoms with Crippen LogP contribution in [-0.2, 0) is 0 Å². The molecular weight excluding hydrogens is 332 g/mol. The smallest absolute Gasteiger partial charge is 0.255 e. The highest BCUT2D eigenvalue weighted by Gasteiger charge is 2.29. The predicted molar refractivity (Wildman–Crippen MR) is 92.2 cm³/mol. The Morgan fingerprint density at radius 1 is 1.23 bits per heavy atom. The Morgan fingerprint density at radius 3 is 2.85 bits per heavy atom. The molecule has 1 amide bonds. The van der Waals surface area contributed by atoms with Crippen molar-refractivity contribution in [3.8, 4) is 11.5 Å². The lowest BCUT2D eigenvalue weighted by Crippen LogP contribution is -2.39. The zero-order valence-corrected chi connectivity index (χ0v) is 14.4. The van der Waals surface area contributed by atoms with E-state index in [0.717, 1.165) is 19.4 Å². The van der Waals surface area contributed by atoms with Crippen LogP contribution in [0.5, 0.6) is 0 Å². The molecule has 132 valence electrons. The SMILES string of the molecule is Cc1ncc(-c2nnc([C@@H]3CCCN(C(=O)c4cccnc4)C3)o2)cn1. The summed E-state index contributed by atoms with van der Waals surface area (Å²) in [7, 11) is 0. The molecule has 0 saturated carbocycles. The minimum absolute atomic E-state index is 0.0190. The molecule has 0 N–H and O–H groups in total. The summed E-state index contributed by atoms with van der Waals surface area (Å²) in [6.45, 7) is 3.09. The van der Waals surface area contributed by atoms with Gasteiger partial charge in [-0.3, -0.25) is 9.78 Å². The summed E-state index contributed by atoms with van der Waals surface area (Å²) in [4.78, 5) is 26.8. The van der Waals surface area contributed by atoms with E-state index in [2.05, 4.69) is 25.1 Å². The number of carbonyl (C=O) groups is 1. The molecule has 0 aliphatic carbocycles. The number of aryl methyl sites for hydroxylation is 1. The first-order chi connectivity index (χ1) is 12.7. The second-order valence-corrected chi connectivity index (χ2v) is 6.30.